The minimum absolute atomic E-state index is 0.0762. The van der Waals surface area contributed by atoms with Gasteiger partial charge >= 0.3 is 6.03 Å². The van der Waals surface area contributed by atoms with Crippen LogP contribution >= 0.6 is 0 Å². The van der Waals surface area contributed by atoms with E-state index in [4.69, 9.17) is 4.74 Å². The van der Waals surface area contributed by atoms with Gasteiger partial charge in [0.1, 0.15) is 5.70 Å². The topological polar surface area (TPSA) is 128 Å². The smallest absolute Gasteiger partial charge is 0.317 e. The van der Waals surface area contributed by atoms with Gasteiger partial charge in [-0.05, 0) is 71.1 Å². The number of rotatable bonds is 4. The Hall–Kier alpha value is -4.25. The fourth-order valence-electron chi connectivity index (χ4n) is 4.90. The molecule has 1 fully saturated rings. The van der Waals surface area contributed by atoms with Crippen LogP contribution in [0.2, 0.25) is 0 Å². The molecule has 0 atom stereocenters. The Labute approximate surface area is 254 Å². The van der Waals surface area contributed by atoms with Crippen LogP contribution in [0.1, 0.15) is 58.2 Å². The second-order valence-corrected chi connectivity index (χ2v) is 10.6. The van der Waals surface area contributed by atoms with E-state index in [-0.39, 0.29) is 35.6 Å². The van der Waals surface area contributed by atoms with Gasteiger partial charge in [0.05, 0.1) is 11.3 Å². The summed E-state index contributed by atoms with van der Waals surface area (Å²) >= 11 is 0. The van der Waals surface area contributed by atoms with Crippen molar-refractivity contribution in [1.29, 1.82) is 0 Å². The molecule has 3 N–H and O–H groups in total. The first-order chi connectivity index (χ1) is 20.6. The molecule has 43 heavy (non-hydrogen) atoms. The molecule has 11 nitrogen and oxygen atoms in total. The third kappa shape index (κ3) is 9.64. The first kappa shape index (κ1) is 33.3. The van der Waals surface area contributed by atoms with E-state index in [0.29, 0.717) is 51.4 Å². The number of urea groups is 1. The SMILES string of the molecule is C=C1C(=O)NCCN(C(=O)NCC)CCCc2cc(ccn2)C(C)=NC(=CC)C(=O)NC1=CN(C(=C)C)C1CCOCC1. The number of ether oxygens (including phenoxy) is 1. The summed E-state index contributed by atoms with van der Waals surface area (Å²) in [6, 6.07) is 3.70. The maximum absolute atomic E-state index is 13.6. The van der Waals surface area contributed by atoms with Gasteiger partial charge in [0.25, 0.3) is 11.8 Å². The molecule has 0 saturated carbocycles. The van der Waals surface area contributed by atoms with E-state index < -0.39 is 11.8 Å². The molecule has 1 saturated heterocycles. The lowest BCUT2D eigenvalue weighted by molar-refractivity contribution is -0.117. The Bertz CT molecular complexity index is 1290. The second kappa shape index (κ2) is 16.4. The van der Waals surface area contributed by atoms with E-state index in [1.807, 2.05) is 37.8 Å². The molecule has 232 valence electrons. The fourth-order valence-corrected chi connectivity index (χ4v) is 4.90. The first-order valence-electron chi connectivity index (χ1n) is 14.9. The predicted molar refractivity (Wildman–Crippen MR) is 168 cm³/mol. The van der Waals surface area contributed by atoms with Crippen LogP contribution in [0.25, 0.3) is 0 Å². The molecule has 0 aliphatic carbocycles. The number of pyridine rings is 1. The number of allylic oxidation sites excluding steroid dienone is 2. The van der Waals surface area contributed by atoms with Gasteiger partial charge in [0.2, 0.25) is 0 Å². The van der Waals surface area contributed by atoms with Crippen molar-refractivity contribution in [2.24, 2.45) is 4.99 Å². The zero-order valence-corrected chi connectivity index (χ0v) is 25.9. The highest BCUT2D eigenvalue weighted by Gasteiger charge is 2.24. The van der Waals surface area contributed by atoms with Crippen molar-refractivity contribution in [3.63, 3.8) is 0 Å². The molecule has 2 aliphatic heterocycles. The fraction of sp³-hybridized carbons (Fsp3) is 0.469. The maximum atomic E-state index is 13.6. The van der Waals surface area contributed by atoms with Crippen LogP contribution in [-0.4, -0.2) is 83.8 Å². The minimum Gasteiger partial charge on any atom is -0.381 e. The number of hydrogen-bond acceptors (Lipinski definition) is 7. The number of carbonyl (C=O) groups is 3. The normalized spacial score (nSPS) is 20.0. The summed E-state index contributed by atoms with van der Waals surface area (Å²) in [6.07, 6.45) is 7.95. The summed E-state index contributed by atoms with van der Waals surface area (Å²) in [5.41, 5.74) is 3.60. The van der Waals surface area contributed by atoms with E-state index in [2.05, 4.69) is 39.1 Å². The van der Waals surface area contributed by atoms with Crippen molar-refractivity contribution in [2.45, 2.75) is 59.4 Å². The maximum Gasteiger partial charge on any atom is 0.317 e. The Morgan fingerprint density at radius 1 is 1.26 bits per heavy atom. The van der Waals surface area contributed by atoms with Gasteiger partial charge in [-0.1, -0.05) is 19.2 Å². The molecular weight excluding hydrogens is 546 g/mol. The third-order valence-electron chi connectivity index (χ3n) is 7.31. The summed E-state index contributed by atoms with van der Waals surface area (Å²) in [6.45, 7) is 18.2. The number of aromatic nitrogens is 1. The number of nitrogens with zero attached hydrogens (tertiary/aromatic N) is 4. The second-order valence-electron chi connectivity index (χ2n) is 10.6. The van der Waals surface area contributed by atoms with Crippen molar-refractivity contribution < 1.29 is 19.1 Å². The summed E-state index contributed by atoms with van der Waals surface area (Å²) in [4.78, 5) is 52.4. The summed E-state index contributed by atoms with van der Waals surface area (Å²) in [7, 11) is 0. The van der Waals surface area contributed by atoms with Gasteiger partial charge < -0.3 is 30.5 Å². The molecule has 0 radical (unpaired) electrons. The zero-order chi connectivity index (χ0) is 31.4. The largest absolute Gasteiger partial charge is 0.381 e. The average molecular weight is 592 g/mol. The first-order valence-corrected chi connectivity index (χ1v) is 14.9. The highest BCUT2D eigenvalue weighted by atomic mass is 16.5. The van der Waals surface area contributed by atoms with Crippen LogP contribution in [0.3, 0.4) is 0 Å². The van der Waals surface area contributed by atoms with E-state index in [1.165, 1.54) is 0 Å². The number of aryl methyl sites for hydroxylation is 1. The molecule has 11 heteroatoms. The Kier molecular flexibility index (Phi) is 12.7. The van der Waals surface area contributed by atoms with Crippen LogP contribution in [0.5, 0.6) is 0 Å². The number of fused-ring (bicyclic) bond motifs is 2. The van der Waals surface area contributed by atoms with Crippen LogP contribution in [0.15, 0.2) is 71.4 Å². The van der Waals surface area contributed by atoms with E-state index in [1.54, 1.807) is 30.3 Å². The van der Waals surface area contributed by atoms with Crippen molar-refractivity contribution in [2.75, 3.05) is 39.4 Å². The number of carbonyl (C=O) groups excluding carboxylic acids is 3. The predicted octanol–water partition coefficient (Wildman–Crippen LogP) is 3.42. The van der Waals surface area contributed by atoms with E-state index >= 15 is 0 Å². The van der Waals surface area contributed by atoms with Gasteiger partial charge in [0, 0.05) is 74.9 Å². The molecule has 3 heterocycles. The van der Waals surface area contributed by atoms with Crippen LogP contribution in [0.4, 0.5) is 4.79 Å². The number of hydrogen-bond donors (Lipinski definition) is 3. The molecular formula is C32H45N7O4. The molecule has 0 aromatic carbocycles. The third-order valence-corrected chi connectivity index (χ3v) is 7.31. The number of nitrogens with one attached hydrogen (secondary N) is 3. The summed E-state index contributed by atoms with van der Waals surface area (Å²) in [5, 5.41) is 8.58. The monoisotopic (exact) mass is 591 g/mol. The van der Waals surface area contributed by atoms with Gasteiger partial charge in [-0.2, -0.15) is 0 Å². The quantitative estimate of drug-likeness (QED) is 0.461. The van der Waals surface area contributed by atoms with Crippen molar-refractivity contribution in [1.82, 2.24) is 30.7 Å². The molecule has 4 amide bonds. The lowest BCUT2D eigenvalue weighted by Crippen LogP contribution is -2.45. The van der Waals surface area contributed by atoms with Crippen LogP contribution in [0, 0.1) is 0 Å². The van der Waals surface area contributed by atoms with Crippen LogP contribution < -0.4 is 16.0 Å². The van der Waals surface area contributed by atoms with Gasteiger partial charge in [0.15, 0.2) is 0 Å². The van der Waals surface area contributed by atoms with Crippen molar-refractivity contribution >= 4 is 23.6 Å². The minimum atomic E-state index is -0.478. The highest BCUT2D eigenvalue weighted by Crippen LogP contribution is 2.21. The molecule has 1 aromatic heterocycles. The average Bonchev–Trinajstić information content (AvgIpc) is 3.00. The van der Waals surface area contributed by atoms with Crippen LogP contribution in [-0.2, 0) is 20.7 Å². The zero-order valence-electron chi connectivity index (χ0n) is 25.9. The van der Waals surface area contributed by atoms with E-state index in [9.17, 15) is 14.4 Å². The standard InChI is InChI=1S/C32H45N7O4/c1-7-28-31(41)37-29(21-39(22(3)4)27-12-18-43-19-13-27)23(5)30(40)35-15-17-38(32(42)33-8-2)16-9-10-26-20-25(11-14-34-26)24(6)36-28/h7,11,14,20-21,27H,3,5,8-10,12-13,15-19H2,1-2,4,6H3,(H,33,42)(H,35,40)(H,37,41). The molecule has 2 aliphatic rings. The Morgan fingerprint density at radius 2 is 2.00 bits per heavy atom. The molecule has 0 unspecified atom stereocenters. The van der Waals surface area contributed by atoms with Crippen molar-refractivity contribution in [3.8, 4) is 0 Å². The lowest BCUT2D eigenvalue weighted by atomic mass is 10.1. The van der Waals surface area contributed by atoms with Gasteiger partial charge in [-0.25, -0.2) is 9.79 Å². The lowest BCUT2D eigenvalue weighted by Gasteiger charge is -2.34. The van der Waals surface area contributed by atoms with Crippen molar-refractivity contribution in [3.05, 3.63) is 77.7 Å². The highest BCUT2D eigenvalue weighted by molar-refractivity contribution is 6.05. The van der Waals surface area contributed by atoms with Gasteiger partial charge in [-0.15, -0.1) is 0 Å². The number of amides is 4. The molecule has 2 bridgehead atoms. The summed E-state index contributed by atoms with van der Waals surface area (Å²) < 4.78 is 5.53. The molecule has 3 rings (SSSR count). The summed E-state index contributed by atoms with van der Waals surface area (Å²) in [5.74, 6) is -0.938. The Morgan fingerprint density at radius 3 is 2.67 bits per heavy atom. The van der Waals surface area contributed by atoms with E-state index in [0.717, 1.165) is 29.8 Å². The Balaban J connectivity index is 2.01. The van der Waals surface area contributed by atoms with Gasteiger partial charge in [-0.3, -0.25) is 14.6 Å². The number of aliphatic imine (C=N–C) groups is 1. The molecule has 1 aromatic rings. The molecule has 0 spiro atoms.